The van der Waals surface area contributed by atoms with Crippen LogP contribution in [0.5, 0.6) is 0 Å². The maximum atomic E-state index is 5.06. The molecule has 1 aromatic heterocycles. The number of hydrogen-bond donors (Lipinski definition) is 1. The van der Waals surface area contributed by atoms with Crippen molar-refractivity contribution in [1.29, 1.82) is 0 Å². The van der Waals surface area contributed by atoms with E-state index in [1.54, 1.807) is 7.11 Å². The summed E-state index contributed by atoms with van der Waals surface area (Å²) in [4.78, 5) is 4.14. The summed E-state index contributed by atoms with van der Waals surface area (Å²) in [6.45, 7) is 6.92. The molecule has 0 aromatic carbocycles. The predicted octanol–water partition coefficient (Wildman–Crippen LogP) is 1.84. The first-order valence-corrected chi connectivity index (χ1v) is 4.73. The van der Waals surface area contributed by atoms with Crippen molar-refractivity contribution >= 4 is 6.01 Å². The van der Waals surface area contributed by atoms with E-state index in [4.69, 9.17) is 9.26 Å². The third-order valence-corrected chi connectivity index (χ3v) is 1.82. The number of nitrogens with zero attached hydrogens (tertiary/aromatic N) is 2. The van der Waals surface area contributed by atoms with Gasteiger partial charge in [-0.05, 0) is 12.8 Å². The molecule has 1 atom stereocenters. The molecular weight excluding hydrogens is 182 g/mol. The Morgan fingerprint density at radius 1 is 1.43 bits per heavy atom. The van der Waals surface area contributed by atoms with E-state index < -0.39 is 0 Å². The normalized spacial score (nSPS) is 13.2. The van der Waals surface area contributed by atoms with Crippen molar-refractivity contribution in [3.8, 4) is 0 Å². The van der Waals surface area contributed by atoms with Crippen LogP contribution in [0, 0.1) is 5.92 Å². The lowest BCUT2D eigenvalue weighted by atomic mass is 10.2. The summed E-state index contributed by atoms with van der Waals surface area (Å²) < 4.78 is 10.0. The predicted molar refractivity (Wildman–Crippen MR) is 53.0 cm³/mol. The number of methoxy groups -OCH3 is 1. The van der Waals surface area contributed by atoms with Gasteiger partial charge in [-0.3, -0.25) is 0 Å². The molecule has 0 spiro atoms. The van der Waals surface area contributed by atoms with E-state index in [2.05, 4.69) is 29.3 Å². The highest BCUT2D eigenvalue weighted by Gasteiger charge is 2.12. The van der Waals surface area contributed by atoms with Gasteiger partial charge < -0.3 is 14.6 Å². The van der Waals surface area contributed by atoms with Crippen molar-refractivity contribution in [1.82, 2.24) is 10.1 Å². The number of hydrogen-bond acceptors (Lipinski definition) is 5. The molecule has 0 fully saturated rings. The second-order valence-corrected chi connectivity index (χ2v) is 3.61. The van der Waals surface area contributed by atoms with Crippen LogP contribution in [0.3, 0.4) is 0 Å². The topological polar surface area (TPSA) is 60.2 Å². The maximum Gasteiger partial charge on any atom is 0.321 e. The van der Waals surface area contributed by atoms with Crippen LogP contribution in [0.2, 0.25) is 0 Å². The molecule has 0 saturated heterocycles. The molecular formula is C9H17N3O2. The average Bonchev–Trinajstić information content (AvgIpc) is 2.62. The van der Waals surface area contributed by atoms with E-state index >= 15 is 0 Å². The van der Waals surface area contributed by atoms with Crippen LogP contribution < -0.4 is 5.32 Å². The fourth-order valence-electron chi connectivity index (χ4n) is 0.869. The van der Waals surface area contributed by atoms with Gasteiger partial charge in [0, 0.05) is 13.7 Å². The SMILES string of the molecule is COC(C)c1noc(NCC(C)C)n1. The van der Waals surface area contributed by atoms with Gasteiger partial charge in [-0.1, -0.05) is 19.0 Å². The molecule has 5 heteroatoms. The van der Waals surface area contributed by atoms with Crippen LogP contribution in [-0.4, -0.2) is 23.8 Å². The van der Waals surface area contributed by atoms with Crippen LogP contribution in [0.1, 0.15) is 32.7 Å². The van der Waals surface area contributed by atoms with Gasteiger partial charge in [0.1, 0.15) is 6.10 Å². The minimum Gasteiger partial charge on any atom is -0.374 e. The first-order valence-electron chi connectivity index (χ1n) is 4.73. The third-order valence-electron chi connectivity index (χ3n) is 1.82. The summed E-state index contributed by atoms with van der Waals surface area (Å²) in [5.74, 6) is 1.11. The Bertz CT molecular complexity index is 273. The summed E-state index contributed by atoms with van der Waals surface area (Å²) in [7, 11) is 1.61. The molecule has 0 aliphatic heterocycles. The van der Waals surface area contributed by atoms with Crippen molar-refractivity contribution in [2.75, 3.05) is 19.0 Å². The molecule has 0 aliphatic carbocycles. The van der Waals surface area contributed by atoms with Crippen LogP contribution in [0.15, 0.2) is 4.52 Å². The van der Waals surface area contributed by atoms with Gasteiger partial charge in [-0.15, -0.1) is 0 Å². The van der Waals surface area contributed by atoms with Crippen molar-refractivity contribution in [2.24, 2.45) is 5.92 Å². The van der Waals surface area contributed by atoms with Gasteiger partial charge in [0.05, 0.1) is 0 Å². The average molecular weight is 199 g/mol. The van der Waals surface area contributed by atoms with E-state index in [0.717, 1.165) is 6.54 Å². The van der Waals surface area contributed by atoms with Crippen molar-refractivity contribution in [3.63, 3.8) is 0 Å². The van der Waals surface area contributed by atoms with Crippen molar-refractivity contribution < 1.29 is 9.26 Å². The zero-order chi connectivity index (χ0) is 10.6. The van der Waals surface area contributed by atoms with Crippen LogP contribution in [0.25, 0.3) is 0 Å². The number of ether oxygens (including phenoxy) is 1. The third kappa shape index (κ3) is 2.99. The lowest BCUT2D eigenvalue weighted by Gasteiger charge is -2.03. The van der Waals surface area contributed by atoms with Crippen molar-refractivity contribution in [3.05, 3.63) is 5.82 Å². The Kier molecular flexibility index (Phi) is 3.88. The zero-order valence-corrected chi connectivity index (χ0v) is 9.07. The Balaban J connectivity index is 2.50. The second kappa shape index (κ2) is 4.95. The lowest BCUT2D eigenvalue weighted by Crippen LogP contribution is -2.08. The first-order chi connectivity index (χ1) is 6.63. The Morgan fingerprint density at radius 2 is 2.14 bits per heavy atom. The summed E-state index contributed by atoms with van der Waals surface area (Å²) in [5, 5.41) is 6.84. The van der Waals surface area contributed by atoms with Gasteiger partial charge in [0.2, 0.25) is 5.82 Å². The molecule has 0 aliphatic rings. The van der Waals surface area contributed by atoms with Crippen molar-refractivity contribution in [2.45, 2.75) is 26.9 Å². The highest BCUT2D eigenvalue weighted by molar-refractivity contribution is 5.18. The standard InChI is InChI=1S/C9H17N3O2/c1-6(2)5-10-9-11-8(12-14-9)7(3)13-4/h6-7H,5H2,1-4H3,(H,10,11,12). The molecule has 80 valence electrons. The molecule has 1 heterocycles. The zero-order valence-electron chi connectivity index (χ0n) is 9.07. The fourth-order valence-corrected chi connectivity index (χ4v) is 0.869. The Morgan fingerprint density at radius 3 is 2.71 bits per heavy atom. The largest absolute Gasteiger partial charge is 0.374 e. The molecule has 1 N–H and O–H groups in total. The molecule has 0 bridgehead atoms. The quantitative estimate of drug-likeness (QED) is 0.784. The minimum atomic E-state index is -0.131. The van der Waals surface area contributed by atoms with Crippen LogP contribution in [-0.2, 0) is 4.74 Å². The smallest absolute Gasteiger partial charge is 0.321 e. The van der Waals surface area contributed by atoms with E-state index in [1.807, 2.05) is 6.92 Å². The van der Waals surface area contributed by atoms with E-state index in [1.165, 1.54) is 0 Å². The molecule has 1 unspecified atom stereocenters. The highest BCUT2D eigenvalue weighted by atomic mass is 16.5. The van der Waals surface area contributed by atoms with E-state index in [-0.39, 0.29) is 6.10 Å². The molecule has 0 saturated carbocycles. The summed E-state index contributed by atoms with van der Waals surface area (Å²) in [5.41, 5.74) is 0. The lowest BCUT2D eigenvalue weighted by molar-refractivity contribution is 0.109. The molecule has 14 heavy (non-hydrogen) atoms. The first kappa shape index (κ1) is 11.0. The second-order valence-electron chi connectivity index (χ2n) is 3.61. The van der Waals surface area contributed by atoms with E-state index in [9.17, 15) is 0 Å². The molecule has 0 amide bonds. The van der Waals surface area contributed by atoms with Crippen LogP contribution in [0.4, 0.5) is 6.01 Å². The summed E-state index contributed by atoms with van der Waals surface area (Å²) in [6.07, 6.45) is -0.131. The molecule has 5 nitrogen and oxygen atoms in total. The van der Waals surface area contributed by atoms with Gasteiger partial charge in [-0.2, -0.15) is 4.98 Å². The van der Waals surface area contributed by atoms with Gasteiger partial charge in [0.15, 0.2) is 0 Å². The van der Waals surface area contributed by atoms with E-state index in [0.29, 0.717) is 17.8 Å². The van der Waals surface area contributed by atoms with Gasteiger partial charge >= 0.3 is 6.01 Å². The Hall–Kier alpha value is -1.10. The molecule has 1 aromatic rings. The van der Waals surface area contributed by atoms with Crippen LogP contribution >= 0.6 is 0 Å². The van der Waals surface area contributed by atoms with Gasteiger partial charge in [-0.25, -0.2) is 0 Å². The number of anilines is 1. The highest BCUT2D eigenvalue weighted by Crippen LogP contribution is 2.13. The molecule has 1 rings (SSSR count). The Labute approximate surface area is 83.8 Å². The fraction of sp³-hybridized carbons (Fsp3) is 0.778. The maximum absolute atomic E-state index is 5.06. The molecule has 0 radical (unpaired) electrons. The number of aromatic nitrogens is 2. The summed E-state index contributed by atoms with van der Waals surface area (Å²) in [6, 6.07) is 0.456. The number of rotatable bonds is 5. The number of nitrogens with one attached hydrogen (secondary N) is 1. The monoisotopic (exact) mass is 199 g/mol. The minimum absolute atomic E-state index is 0.131. The van der Waals surface area contributed by atoms with Gasteiger partial charge in [0.25, 0.3) is 0 Å². The summed E-state index contributed by atoms with van der Waals surface area (Å²) >= 11 is 0.